The number of hydrogen-bond donors (Lipinski definition) is 0. The number of aryl methyl sites for hydroxylation is 1. The molecule has 1 aliphatic rings. The van der Waals surface area contributed by atoms with Gasteiger partial charge in [-0.25, -0.2) is 9.97 Å². The van der Waals surface area contributed by atoms with Crippen molar-refractivity contribution in [2.75, 3.05) is 0 Å². The predicted molar refractivity (Wildman–Crippen MR) is 68.9 cm³/mol. The van der Waals surface area contributed by atoms with Gasteiger partial charge in [-0.05, 0) is 34.8 Å². The van der Waals surface area contributed by atoms with Crippen LogP contribution in [0.5, 0.6) is 0 Å². The van der Waals surface area contributed by atoms with E-state index >= 15 is 0 Å². The third kappa shape index (κ3) is 2.09. The lowest BCUT2D eigenvalue weighted by atomic mass is 10.2. The lowest BCUT2D eigenvalue weighted by molar-refractivity contribution is 0.768. The van der Waals surface area contributed by atoms with Gasteiger partial charge in [0, 0.05) is 19.2 Å². The first-order chi connectivity index (χ1) is 8.15. The summed E-state index contributed by atoms with van der Waals surface area (Å²) in [4.78, 5) is 8.82. The van der Waals surface area contributed by atoms with E-state index in [4.69, 9.17) is 11.6 Å². The fraction of sp³-hybridized carbons (Fsp3) is 0.364. The monoisotopic (exact) mass is 312 g/mol. The molecule has 0 aliphatic heterocycles. The summed E-state index contributed by atoms with van der Waals surface area (Å²) in [6.07, 6.45) is 4.21. The maximum Gasteiger partial charge on any atom is 0.181 e. The van der Waals surface area contributed by atoms with E-state index in [1.54, 1.807) is 4.68 Å². The summed E-state index contributed by atoms with van der Waals surface area (Å²) in [7, 11) is 1.87. The first kappa shape index (κ1) is 11.2. The van der Waals surface area contributed by atoms with Crippen LogP contribution in [0.25, 0.3) is 11.5 Å². The lowest BCUT2D eigenvalue weighted by Crippen LogP contribution is -1.98. The molecule has 4 nitrogen and oxygen atoms in total. The van der Waals surface area contributed by atoms with Gasteiger partial charge in [0.25, 0.3) is 0 Å². The quantitative estimate of drug-likeness (QED) is 0.800. The van der Waals surface area contributed by atoms with Crippen molar-refractivity contribution < 1.29 is 0 Å². The number of nitrogens with zero attached hydrogens (tertiary/aromatic N) is 4. The Morgan fingerprint density at radius 2 is 2.18 bits per heavy atom. The molecule has 2 aromatic heterocycles. The highest BCUT2D eigenvalue weighted by molar-refractivity contribution is 9.10. The van der Waals surface area contributed by atoms with Gasteiger partial charge in [-0.15, -0.1) is 0 Å². The maximum absolute atomic E-state index is 6.11. The van der Waals surface area contributed by atoms with Gasteiger partial charge < -0.3 is 0 Å². The molecule has 0 saturated heterocycles. The van der Waals surface area contributed by atoms with Gasteiger partial charge in [0.05, 0.1) is 10.2 Å². The second-order valence-corrected chi connectivity index (χ2v) is 5.34. The Labute approximate surface area is 112 Å². The fourth-order valence-electron chi connectivity index (χ4n) is 1.71. The molecule has 1 aliphatic carbocycles. The smallest absolute Gasteiger partial charge is 0.181 e. The van der Waals surface area contributed by atoms with Crippen LogP contribution in [-0.2, 0) is 7.05 Å². The third-order valence-electron chi connectivity index (χ3n) is 2.74. The van der Waals surface area contributed by atoms with Crippen LogP contribution in [0.2, 0.25) is 5.15 Å². The highest BCUT2D eigenvalue weighted by Gasteiger charge is 2.29. The van der Waals surface area contributed by atoms with E-state index in [0.717, 1.165) is 15.9 Å². The molecule has 17 heavy (non-hydrogen) atoms. The van der Waals surface area contributed by atoms with Gasteiger partial charge in [-0.2, -0.15) is 5.10 Å². The molecule has 6 heteroatoms. The minimum Gasteiger partial charge on any atom is -0.275 e. The Morgan fingerprint density at radius 3 is 2.76 bits per heavy atom. The predicted octanol–water partition coefficient (Wildman–Crippen LogP) is 3.17. The van der Waals surface area contributed by atoms with E-state index < -0.39 is 0 Å². The highest BCUT2D eigenvalue weighted by atomic mass is 79.9. The maximum atomic E-state index is 6.11. The Bertz CT molecular complexity index is 577. The molecule has 2 heterocycles. The zero-order valence-corrected chi connectivity index (χ0v) is 11.5. The van der Waals surface area contributed by atoms with E-state index in [9.17, 15) is 0 Å². The lowest BCUT2D eigenvalue weighted by Gasteiger charge is -2.05. The summed E-state index contributed by atoms with van der Waals surface area (Å²) in [6, 6.07) is 1.89. The second kappa shape index (κ2) is 4.07. The number of hydrogen-bond acceptors (Lipinski definition) is 3. The van der Waals surface area contributed by atoms with Gasteiger partial charge >= 0.3 is 0 Å². The average molecular weight is 314 g/mol. The number of halogens is 2. The SMILES string of the molecule is Cn1ccc(-c2nc(Cl)c(Br)c(C3CC3)n2)n1. The molecule has 2 aromatic rings. The summed E-state index contributed by atoms with van der Waals surface area (Å²) in [5.74, 6) is 1.12. The van der Waals surface area contributed by atoms with E-state index in [2.05, 4.69) is 31.0 Å². The topological polar surface area (TPSA) is 43.6 Å². The molecule has 3 rings (SSSR count). The van der Waals surface area contributed by atoms with Crippen LogP contribution >= 0.6 is 27.5 Å². The van der Waals surface area contributed by atoms with Crippen LogP contribution in [0.1, 0.15) is 24.5 Å². The van der Waals surface area contributed by atoms with Crippen molar-refractivity contribution in [2.24, 2.45) is 7.05 Å². The van der Waals surface area contributed by atoms with Crippen LogP contribution < -0.4 is 0 Å². The summed E-state index contributed by atoms with van der Waals surface area (Å²) in [5, 5.41) is 4.75. The third-order valence-corrected chi connectivity index (χ3v) is 4.03. The zero-order valence-electron chi connectivity index (χ0n) is 9.19. The van der Waals surface area contributed by atoms with Gasteiger partial charge in [0.15, 0.2) is 5.82 Å². The van der Waals surface area contributed by atoms with Crippen molar-refractivity contribution in [3.8, 4) is 11.5 Å². The molecule has 0 radical (unpaired) electrons. The van der Waals surface area contributed by atoms with Crippen molar-refractivity contribution in [2.45, 2.75) is 18.8 Å². The Morgan fingerprint density at radius 1 is 1.41 bits per heavy atom. The van der Waals surface area contributed by atoms with E-state index in [-0.39, 0.29) is 0 Å². The van der Waals surface area contributed by atoms with Gasteiger partial charge in [0.2, 0.25) is 0 Å². The van der Waals surface area contributed by atoms with E-state index in [1.807, 2.05) is 19.3 Å². The van der Waals surface area contributed by atoms with Crippen molar-refractivity contribution in [1.82, 2.24) is 19.7 Å². The van der Waals surface area contributed by atoms with Crippen LogP contribution in [0.3, 0.4) is 0 Å². The van der Waals surface area contributed by atoms with Crippen LogP contribution in [0.15, 0.2) is 16.7 Å². The fourth-order valence-corrected chi connectivity index (χ4v) is 2.39. The van der Waals surface area contributed by atoms with Crippen molar-refractivity contribution in [3.63, 3.8) is 0 Å². The normalized spacial score (nSPS) is 15.2. The van der Waals surface area contributed by atoms with Gasteiger partial charge in [-0.1, -0.05) is 11.6 Å². The minimum absolute atomic E-state index is 0.461. The average Bonchev–Trinajstić information content (AvgIpc) is 3.05. The molecule has 0 atom stereocenters. The molecule has 88 valence electrons. The van der Waals surface area contributed by atoms with E-state index in [0.29, 0.717) is 16.9 Å². The van der Waals surface area contributed by atoms with E-state index in [1.165, 1.54) is 12.8 Å². The zero-order chi connectivity index (χ0) is 12.0. The Balaban J connectivity index is 2.11. The molecule has 0 unspecified atom stereocenters. The van der Waals surface area contributed by atoms with Crippen molar-refractivity contribution in [3.05, 3.63) is 27.6 Å². The first-order valence-corrected chi connectivity index (χ1v) is 6.55. The van der Waals surface area contributed by atoms with Crippen LogP contribution in [-0.4, -0.2) is 19.7 Å². The molecular formula is C11H10BrClN4. The minimum atomic E-state index is 0.461. The van der Waals surface area contributed by atoms with Crippen molar-refractivity contribution >= 4 is 27.5 Å². The summed E-state index contributed by atoms with van der Waals surface area (Å²) < 4.78 is 2.55. The van der Waals surface area contributed by atoms with Crippen molar-refractivity contribution in [1.29, 1.82) is 0 Å². The second-order valence-electron chi connectivity index (χ2n) is 4.19. The molecule has 0 spiro atoms. The summed E-state index contributed by atoms with van der Waals surface area (Å²) in [5.41, 5.74) is 1.76. The molecule has 1 fully saturated rings. The molecule has 0 bridgehead atoms. The van der Waals surface area contributed by atoms with Crippen LogP contribution in [0.4, 0.5) is 0 Å². The molecule has 0 N–H and O–H groups in total. The molecular weight excluding hydrogens is 304 g/mol. The molecule has 0 amide bonds. The standard InChI is InChI=1S/C11H10BrClN4/c1-17-5-4-7(16-17)11-14-9(6-2-3-6)8(12)10(13)15-11/h4-6H,2-3H2,1H3. The van der Waals surface area contributed by atoms with Crippen LogP contribution in [0, 0.1) is 0 Å². The molecule has 0 aromatic carbocycles. The Hall–Kier alpha value is -0.940. The summed E-state index contributed by atoms with van der Waals surface area (Å²) in [6.45, 7) is 0. The number of rotatable bonds is 2. The van der Waals surface area contributed by atoms with Gasteiger partial charge in [0.1, 0.15) is 10.8 Å². The summed E-state index contributed by atoms with van der Waals surface area (Å²) >= 11 is 9.57. The largest absolute Gasteiger partial charge is 0.275 e. The Kier molecular flexibility index (Phi) is 2.67. The van der Waals surface area contributed by atoms with Gasteiger partial charge in [-0.3, -0.25) is 4.68 Å². The highest BCUT2D eigenvalue weighted by Crippen LogP contribution is 2.44. The first-order valence-electron chi connectivity index (χ1n) is 5.38. The number of aromatic nitrogens is 4. The molecule has 1 saturated carbocycles.